The minimum Gasteiger partial charge on any atom is -0.192 e. The van der Waals surface area contributed by atoms with Crippen molar-refractivity contribution in [1.82, 2.24) is 0 Å². The lowest BCUT2D eigenvalue weighted by Crippen LogP contribution is -1.85. The Balaban J connectivity index is 0.000000385. The summed E-state index contributed by atoms with van der Waals surface area (Å²) in [4.78, 5) is 0. The lowest BCUT2D eigenvalue weighted by molar-refractivity contribution is 0.866. The molecule has 0 bridgehead atoms. The van der Waals surface area contributed by atoms with Crippen LogP contribution in [0.2, 0.25) is 0 Å². The molecule has 0 aliphatic rings. The number of hydrogen-bond acceptors (Lipinski definition) is 1. The van der Waals surface area contributed by atoms with Crippen molar-refractivity contribution in [2.24, 2.45) is 0 Å². The van der Waals surface area contributed by atoms with Gasteiger partial charge in [-0.2, -0.15) is 5.26 Å². The van der Waals surface area contributed by atoms with Gasteiger partial charge in [-0.3, -0.25) is 0 Å². The summed E-state index contributed by atoms with van der Waals surface area (Å²) in [6.07, 6.45) is 0. The Labute approximate surface area is 136 Å². The number of nitriles is 1. The van der Waals surface area contributed by atoms with Crippen LogP contribution in [0.25, 0.3) is 0 Å². The fraction of sp³-hybridized carbons (Fsp3) is 0.381. The molecule has 2 aromatic rings. The van der Waals surface area contributed by atoms with Crippen molar-refractivity contribution in [3.8, 4) is 6.07 Å². The van der Waals surface area contributed by atoms with Crippen LogP contribution in [0.15, 0.2) is 48.5 Å². The lowest BCUT2D eigenvalue weighted by atomic mass is 10.0. The SMILES string of the molecule is C.CC(C)c1ccc(C#N)cc1.Cc1ccc(C(C)C)cc1. The van der Waals surface area contributed by atoms with Crippen LogP contribution in [0.4, 0.5) is 0 Å². The molecule has 0 aromatic heterocycles. The molecule has 0 N–H and O–H groups in total. The first-order valence-electron chi connectivity index (χ1n) is 7.50. The van der Waals surface area contributed by atoms with E-state index in [4.69, 9.17) is 5.26 Å². The molecule has 0 unspecified atom stereocenters. The molecule has 0 saturated heterocycles. The van der Waals surface area contributed by atoms with Crippen molar-refractivity contribution in [2.75, 3.05) is 0 Å². The average Bonchev–Trinajstić information content (AvgIpc) is 2.48. The highest BCUT2D eigenvalue weighted by atomic mass is 14.2. The molecule has 0 spiro atoms. The predicted molar refractivity (Wildman–Crippen MR) is 97.2 cm³/mol. The van der Waals surface area contributed by atoms with Gasteiger partial charge in [0.1, 0.15) is 0 Å². The van der Waals surface area contributed by atoms with E-state index in [2.05, 4.69) is 65.0 Å². The van der Waals surface area contributed by atoms with Gasteiger partial charge in [-0.15, -0.1) is 0 Å². The maximum Gasteiger partial charge on any atom is 0.0991 e. The molecule has 0 radical (unpaired) electrons. The molecular weight excluding hydrogens is 266 g/mol. The number of aryl methyl sites for hydroxylation is 1. The van der Waals surface area contributed by atoms with Gasteiger partial charge in [-0.05, 0) is 42.0 Å². The minimum atomic E-state index is 0. The average molecular weight is 295 g/mol. The van der Waals surface area contributed by atoms with Crippen LogP contribution >= 0.6 is 0 Å². The van der Waals surface area contributed by atoms with E-state index in [1.54, 1.807) is 0 Å². The molecule has 2 aromatic carbocycles. The van der Waals surface area contributed by atoms with E-state index < -0.39 is 0 Å². The summed E-state index contributed by atoms with van der Waals surface area (Å²) < 4.78 is 0. The Morgan fingerprint density at radius 1 is 0.727 bits per heavy atom. The van der Waals surface area contributed by atoms with Gasteiger partial charge in [-0.25, -0.2) is 0 Å². The van der Waals surface area contributed by atoms with Gasteiger partial charge in [-0.1, -0.05) is 77.1 Å². The molecule has 0 aliphatic heterocycles. The zero-order valence-corrected chi connectivity index (χ0v) is 13.7. The summed E-state index contributed by atoms with van der Waals surface area (Å²) in [5, 5.41) is 8.52. The van der Waals surface area contributed by atoms with Crippen LogP contribution in [-0.4, -0.2) is 0 Å². The molecule has 0 fully saturated rings. The molecule has 1 heteroatoms. The van der Waals surface area contributed by atoms with Gasteiger partial charge >= 0.3 is 0 Å². The first kappa shape index (κ1) is 19.9. The van der Waals surface area contributed by atoms with E-state index in [1.165, 1.54) is 16.7 Å². The Bertz CT molecular complexity index is 569. The molecule has 2 rings (SSSR count). The van der Waals surface area contributed by atoms with Gasteiger partial charge in [0, 0.05) is 0 Å². The third-order valence-corrected chi connectivity index (χ3v) is 3.45. The van der Waals surface area contributed by atoms with Crippen molar-refractivity contribution >= 4 is 0 Å². The molecule has 22 heavy (non-hydrogen) atoms. The van der Waals surface area contributed by atoms with E-state index in [0.717, 1.165) is 5.56 Å². The molecule has 0 saturated carbocycles. The molecule has 1 nitrogen and oxygen atoms in total. The van der Waals surface area contributed by atoms with Crippen LogP contribution in [0.5, 0.6) is 0 Å². The largest absolute Gasteiger partial charge is 0.192 e. The molecule has 0 heterocycles. The van der Waals surface area contributed by atoms with Crippen LogP contribution in [0.1, 0.15) is 69.2 Å². The Morgan fingerprint density at radius 3 is 1.41 bits per heavy atom. The summed E-state index contributed by atoms with van der Waals surface area (Å²) >= 11 is 0. The van der Waals surface area contributed by atoms with Crippen LogP contribution in [-0.2, 0) is 0 Å². The molecule has 0 atom stereocenters. The first-order valence-corrected chi connectivity index (χ1v) is 7.50. The topological polar surface area (TPSA) is 23.8 Å². The maximum atomic E-state index is 8.52. The summed E-state index contributed by atoms with van der Waals surface area (Å²) in [7, 11) is 0. The van der Waals surface area contributed by atoms with E-state index >= 15 is 0 Å². The quantitative estimate of drug-likeness (QED) is 0.625. The molecule has 0 amide bonds. The highest BCUT2D eigenvalue weighted by molar-refractivity contribution is 5.32. The number of benzene rings is 2. The predicted octanol–water partition coefficient (Wildman–Crippen LogP) is 6.44. The summed E-state index contributed by atoms with van der Waals surface area (Å²) in [5.41, 5.74) is 4.77. The number of rotatable bonds is 2. The minimum absolute atomic E-state index is 0. The standard InChI is InChI=1S/C10H11N.C10H14.CH4/c1-8(2)10-5-3-9(7-11)4-6-10;1-8(2)10-6-4-9(3)5-7-10;/h3-6,8H,1-2H3;4-8H,1-3H3;1H4. The monoisotopic (exact) mass is 295 g/mol. The fourth-order valence-electron chi connectivity index (χ4n) is 1.89. The highest BCUT2D eigenvalue weighted by Crippen LogP contribution is 2.14. The van der Waals surface area contributed by atoms with E-state index in [9.17, 15) is 0 Å². The third kappa shape index (κ3) is 6.59. The first-order chi connectivity index (χ1) is 9.93. The summed E-state index contributed by atoms with van der Waals surface area (Å²) in [6.45, 7) is 10.8. The van der Waals surface area contributed by atoms with Crippen molar-refractivity contribution < 1.29 is 0 Å². The van der Waals surface area contributed by atoms with Crippen molar-refractivity contribution in [2.45, 2.75) is 53.9 Å². The second-order valence-corrected chi connectivity index (χ2v) is 5.95. The van der Waals surface area contributed by atoms with Gasteiger partial charge in [0.2, 0.25) is 0 Å². The van der Waals surface area contributed by atoms with Gasteiger partial charge in [0.15, 0.2) is 0 Å². The summed E-state index contributed by atoms with van der Waals surface area (Å²) in [5.74, 6) is 1.20. The molecule has 118 valence electrons. The number of hydrogen-bond donors (Lipinski definition) is 0. The lowest BCUT2D eigenvalue weighted by Gasteiger charge is -2.03. The second-order valence-electron chi connectivity index (χ2n) is 5.95. The van der Waals surface area contributed by atoms with Gasteiger partial charge < -0.3 is 0 Å². The van der Waals surface area contributed by atoms with Crippen molar-refractivity contribution in [1.29, 1.82) is 5.26 Å². The fourth-order valence-corrected chi connectivity index (χ4v) is 1.89. The van der Waals surface area contributed by atoms with E-state index in [-0.39, 0.29) is 7.43 Å². The van der Waals surface area contributed by atoms with Crippen LogP contribution in [0.3, 0.4) is 0 Å². The van der Waals surface area contributed by atoms with Gasteiger partial charge in [0.05, 0.1) is 11.6 Å². The third-order valence-electron chi connectivity index (χ3n) is 3.45. The molecule has 0 aliphatic carbocycles. The zero-order valence-electron chi connectivity index (χ0n) is 13.7. The van der Waals surface area contributed by atoms with Crippen LogP contribution < -0.4 is 0 Å². The Morgan fingerprint density at radius 2 is 1.09 bits per heavy atom. The van der Waals surface area contributed by atoms with Crippen molar-refractivity contribution in [3.63, 3.8) is 0 Å². The van der Waals surface area contributed by atoms with E-state index in [1.807, 2.05) is 24.3 Å². The molecular formula is C21H29N. The maximum absolute atomic E-state index is 8.52. The summed E-state index contributed by atoms with van der Waals surface area (Å²) in [6, 6.07) is 18.5. The second kappa shape index (κ2) is 9.79. The van der Waals surface area contributed by atoms with E-state index in [0.29, 0.717) is 11.8 Å². The highest BCUT2D eigenvalue weighted by Gasteiger charge is 1.97. The van der Waals surface area contributed by atoms with Crippen LogP contribution in [0, 0.1) is 18.3 Å². The van der Waals surface area contributed by atoms with Crippen molar-refractivity contribution in [3.05, 3.63) is 70.8 Å². The zero-order chi connectivity index (χ0) is 15.8. The Hall–Kier alpha value is -2.07. The number of nitrogens with zero attached hydrogens (tertiary/aromatic N) is 1. The van der Waals surface area contributed by atoms with Gasteiger partial charge in [0.25, 0.3) is 0 Å². The Kier molecular flexibility index (Phi) is 8.87. The normalized spacial score (nSPS) is 9.55. The smallest absolute Gasteiger partial charge is 0.0991 e.